The van der Waals surface area contributed by atoms with E-state index in [0.717, 1.165) is 5.56 Å². The topological polar surface area (TPSA) is 75.3 Å². The van der Waals surface area contributed by atoms with E-state index >= 15 is 0 Å². The van der Waals surface area contributed by atoms with Gasteiger partial charge in [-0.3, -0.25) is 4.79 Å². The molecule has 0 saturated heterocycles. The van der Waals surface area contributed by atoms with Gasteiger partial charge in [0.15, 0.2) is 0 Å². The van der Waals surface area contributed by atoms with Gasteiger partial charge in [0.25, 0.3) is 0 Å². The summed E-state index contributed by atoms with van der Waals surface area (Å²) in [5, 5.41) is 3.37. The lowest BCUT2D eigenvalue weighted by Crippen LogP contribution is -2.33. The smallest absolute Gasteiger partial charge is 0.244 e. The Hall–Kier alpha value is -1.86. The molecule has 0 atom stereocenters. The summed E-state index contributed by atoms with van der Waals surface area (Å²) in [5.74, 6) is -0.647. The van der Waals surface area contributed by atoms with Crippen molar-refractivity contribution in [3.63, 3.8) is 0 Å². The third-order valence-electron chi connectivity index (χ3n) is 3.41. The van der Waals surface area contributed by atoms with Crippen LogP contribution in [-0.2, 0) is 21.4 Å². The van der Waals surface area contributed by atoms with Crippen molar-refractivity contribution >= 4 is 45.2 Å². The van der Waals surface area contributed by atoms with Gasteiger partial charge in [0.1, 0.15) is 0 Å². The van der Waals surface area contributed by atoms with Gasteiger partial charge >= 0.3 is 0 Å². The molecular formula is C18H18Cl2N2O3S. The Morgan fingerprint density at radius 3 is 2.31 bits per heavy atom. The minimum atomic E-state index is -3.49. The first-order valence-corrected chi connectivity index (χ1v) is 10.2. The van der Waals surface area contributed by atoms with Crippen LogP contribution < -0.4 is 10.0 Å². The average Bonchev–Trinajstić information content (AvgIpc) is 2.60. The van der Waals surface area contributed by atoms with Gasteiger partial charge < -0.3 is 5.32 Å². The summed E-state index contributed by atoms with van der Waals surface area (Å²) in [6.45, 7) is 0.200. The zero-order valence-electron chi connectivity index (χ0n) is 13.8. The molecule has 0 saturated carbocycles. The van der Waals surface area contributed by atoms with Crippen LogP contribution in [0.4, 0.5) is 0 Å². The van der Waals surface area contributed by atoms with Crippen molar-refractivity contribution in [2.75, 3.05) is 12.3 Å². The molecule has 26 heavy (non-hydrogen) atoms. The van der Waals surface area contributed by atoms with E-state index in [4.69, 9.17) is 23.2 Å². The van der Waals surface area contributed by atoms with Crippen molar-refractivity contribution in [2.45, 2.75) is 6.54 Å². The summed E-state index contributed by atoms with van der Waals surface area (Å²) >= 11 is 12.0. The van der Waals surface area contributed by atoms with Gasteiger partial charge in [-0.2, -0.15) is 0 Å². The van der Waals surface area contributed by atoms with E-state index in [1.807, 2.05) is 30.3 Å². The molecule has 0 spiro atoms. The first kappa shape index (κ1) is 20.5. The number of amides is 1. The van der Waals surface area contributed by atoms with Crippen LogP contribution in [0.2, 0.25) is 10.0 Å². The fraction of sp³-hybridized carbons (Fsp3) is 0.167. The van der Waals surface area contributed by atoms with E-state index in [0.29, 0.717) is 15.6 Å². The summed E-state index contributed by atoms with van der Waals surface area (Å²) in [4.78, 5) is 11.8. The van der Waals surface area contributed by atoms with Gasteiger partial charge in [0.2, 0.25) is 15.9 Å². The molecule has 0 bridgehead atoms. The normalized spacial score (nSPS) is 11.6. The molecule has 2 N–H and O–H groups in total. The maximum absolute atomic E-state index is 11.9. The van der Waals surface area contributed by atoms with Gasteiger partial charge in [-0.05, 0) is 23.8 Å². The van der Waals surface area contributed by atoms with E-state index < -0.39 is 15.9 Å². The number of carbonyl (C=O) groups is 1. The number of benzene rings is 2. The number of hydrogen-bond donors (Lipinski definition) is 2. The third-order valence-corrected chi connectivity index (χ3v) is 5.40. The second-order valence-electron chi connectivity index (χ2n) is 5.39. The van der Waals surface area contributed by atoms with Gasteiger partial charge in [0.05, 0.1) is 5.75 Å². The molecule has 138 valence electrons. The molecule has 1 amide bonds. The van der Waals surface area contributed by atoms with E-state index in [1.165, 1.54) is 12.2 Å². The van der Waals surface area contributed by atoms with Crippen molar-refractivity contribution in [3.05, 3.63) is 75.8 Å². The van der Waals surface area contributed by atoms with Gasteiger partial charge in [-0.1, -0.05) is 59.6 Å². The molecule has 0 aromatic heterocycles. The maximum Gasteiger partial charge on any atom is 0.244 e. The van der Waals surface area contributed by atoms with Crippen LogP contribution in [0.1, 0.15) is 11.1 Å². The Balaban J connectivity index is 1.79. The van der Waals surface area contributed by atoms with Crippen LogP contribution in [-0.4, -0.2) is 26.6 Å². The van der Waals surface area contributed by atoms with E-state index in [-0.39, 0.29) is 18.8 Å². The Kier molecular flexibility index (Phi) is 7.66. The minimum Gasteiger partial charge on any atom is -0.351 e. The highest BCUT2D eigenvalue weighted by molar-refractivity contribution is 7.89. The number of rotatable bonds is 8. The molecular weight excluding hydrogens is 395 g/mol. The Morgan fingerprint density at radius 1 is 1.00 bits per heavy atom. The first-order valence-electron chi connectivity index (χ1n) is 7.78. The van der Waals surface area contributed by atoms with Crippen LogP contribution >= 0.6 is 23.2 Å². The SMILES string of the molecule is O=C(/C=C/c1c(Cl)cccc1Cl)NCCS(=O)(=O)NCc1ccccc1. The standard InChI is InChI=1S/C18H18Cl2N2O3S/c19-16-7-4-8-17(20)15(16)9-10-18(23)21-11-12-26(24,25)22-13-14-5-2-1-3-6-14/h1-10,22H,11-13H2,(H,21,23)/b10-9+. The zero-order valence-corrected chi connectivity index (χ0v) is 16.1. The fourth-order valence-corrected chi connectivity index (χ4v) is 3.48. The molecule has 0 aliphatic carbocycles. The third kappa shape index (κ3) is 6.80. The largest absolute Gasteiger partial charge is 0.351 e. The quantitative estimate of drug-likeness (QED) is 0.653. The van der Waals surface area contributed by atoms with Crippen LogP contribution in [0.15, 0.2) is 54.6 Å². The highest BCUT2D eigenvalue weighted by Gasteiger charge is 2.10. The monoisotopic (exact) mass is 412 g/mol. The van der Waals surface area contributed by atoms with Gasteiger partial charge in [-0.15, -0.1) is 0 Å². The summed E-state index contributed by atoms with van der Waals surface area (Å²) in [6.07, 6.45) is 2.75. The summed E-state index contributed by atoms with van der Waals surface area (Å²) < 4.78 is 26.4. The molecule has 0 fully saturated rings. The van der Waals surface area contributed by atoms with Crippen LogP contribution in [0.25, 0.3) is 6.08 Å². The number of nitrogens with one attached hydrogen (secondary N) is 2. The molecule has 0 aliphatic heterocycles. The lowest BCUT2D eigenvalue weighted by molar-refractivity contribution is -0.116. The molecule has 0 aliphatic rings. The molecule has 0 radical (unpaired) electrons. The lowest BCUT2D eigenvalue weighted by atomic mass is 10.2. The molecule has 8 heteroatoms. The van der Waals surface area contributed by atoms with Crippen LogP contribution in [0.5, 0.6) is 0 Å². The molecule has 2 aromatic rings. The number of sulfonamides is 1. The highest BCUT2D eigenvalue weighted by Crippen LogP contribution is 2.25. The molecule has 0 unspecified atom stereocenters. The van der Waals surface area contributed by atoms with Crippen molar-refractivity contribution in [1.29, 1.82) is 0 Å². The van der Waals surface area contributed by atoms with Gasteiger partial charge in [-0.25, -0.2) is 13.1 Å². The predicted molar refractivity (Wildman–Crippen MR) is 106 cm³/mol. The number of carbonyl (C=O) groups excluding carboxylic acids is 1. The minimum absolute atomic E-state index is 0.0104. The Bertz CT molecular complexity index is 864. The predicted octanol–water partition coefficient (Wildman–Crippen LogP) is 3.24. The van der Waals surface area contributed by atoms with Gasteiger partial charge in [0, 0.05) is 34.8 Å². The summed E-state index contributed by atoms with van der Waals surface area (Å²) in [5.41, 5.74) is 1.39. The van der Waals surface area contributed by atoms with Crippen LogP contribution in [0, 0.1) is 0 Å². The average molecular weight is 413 g/mol. The van der Waals surface area contributed by atoms with Crippen molar-refractivity contribution in [3.8, 4) is 0 Å². The molecule has 2 aromatic carbocycles. The fourth-order valence-electron chi connectivity index (χ4n) is 2.06. The van der Waals surface area contributed by atoms with Crippen molar-refractivity contribution in [2.24, 2.45) is 0 Å². The van der Waals surface area contributed by atoms with E-state index in [9.17, 15) is 13.2 Å². The second kappa shape index (κ2) is 9.73. The molecule has 2 rings (SSSR count). The number of halogens is 2. The van der Waals surface area contributed by atoms with Crippen LogP contribution in [0.3, 0.4) is 0 Å². The highest BCUT2D eigenvalue weighted by atomic mass is 35.5. The first-order chi connectivity index (χ1) is 12.4. The molecule has 5 nitrogen and oxygen atoms in total. The lowest BCUT2D eigenvalue weighted by Gasteiger charge is -2.07. The Morgan fingerprint density at radius 2 is 1.65 bits per heavy atom. The second-order valence-corrected chi connectivity index (χ2v) is 8.13. The van der Waals surface area contributed by atoms with Crippen molar-refractivity contribution < 1.29 is 13.2 Å². The van der Waals surface area contributed by atoms with Crippen molar-refractivity contribution in [1.82, 2.24) is 10.0 Å². The van der Waals surface area contributed by atoms with E-state index in [1.54, 1.807) is 18.2 Å². The number of hydrogen-bond acceptors (Lipinski definition) is 3. The Labute approximate surface area is 163 Å². The molecule has 0 heterocycles. The maximum atomic E-state index is 11.9. The zero-order chi connectivity index (χ0) is 19.0. The summed E-state index contributed by atoms with van der Waals surface area (Å²) in [7, 11) is -3.49. The van der Waals surface area contributed by atoms with E-state index in [2.05, 4.69) is 10.0 Å². The summed E-state index contributed by atoms with van der Waals surface area (Å²) in [6, 6.07) is 14.2.